The van der Waals surface area contributed by atoms with Crippen LogP contribution in [0, 0.1) is 16.4 Å². The lowest BCUT2D eigenvalue weighted by molar-refractivity contribution is -0.167. The van der Waals surface area contributed by atoms with Gasteiger partial charge in [-0.25, -0.2) is 4.90 Å². The molecule has 2 aromatic carbocycles. The molecule has 0 aliphatic carbocycles. The van der Waals surface area contributed by atoms with Crippen molar-refractivity contribution < 1.29 is 24.2 Å². The number of halogens is 1. The Hall–Kier alpha value is -2.34. The summed E-state index contributed by atoms with van der Waals surface area (Å²) in [6.07, 6.45) is 1.65. The van der Waals surface area contributed by atoms with E-state index in [9.17, 15) is 14.7 Å². The van der Waals surface area contributed by atoms with Crippen LogP contribution in [0.4, 0.5) is 5.69 Å². The molecule has 3 aliphatic heterocycles. The van der Waals surface area contributed by atoms with Crippen molar-refractivity contribution in [3.8, 4) is 0 Å². The van der Waals surface area contributed by atoms with Crippen LogP contribution in [0.25, 0.3) is 0 Å². The Morgan fingerprint density at radius 1 is 1.15 bits per heavy atom. The lowest BCUT2D eigenvalue weighted by Gasteiger charge is -2.49. The zero-order valence-electron chi connectivity index (χ0n) is 24.0. The van der Waals surface area contributed by atoms with Gasteiger partial charge in [0.1, 0.15) is 0 Å². The van der Waals surface area contributed by atoms with Crippen molar-refractivity contribution in [2.24, 2.45) is 11.0 Å². The second-order valence-electron chi connectivity index (χ2n) is 12.2. The molecular formula is C31H38IN3O5. The van der Waals surface area contributed by atoms with Crippen molar-refractivity contribution in [3.63, 3.8) is 0 Å². The van der Waals surface area contributed by atoms with Gasteiger partial charge in [-0.2, -0.15) is 5.10 Å². The Bertz CT molecular complexity index is 1340. The van der Waals surface area contributed by atoms with E-state index in [1.807, 2.05) is 26.8 Å². The first-order chi connectivity index (χ1) is 18.8. The molecule has 2 aromatic rings. The number of methoxy groups -OCH3 is 1. The number of aliphatic hydroxyl groups is 1. The van der Waals surface area contributed by atoms with E-state index in [4.69, 9.17) is 14.6 Å². The van der Waals surface area contributed by atoms with Crippen molar-refractivity contribution in [1.29, 1.82) is 0 Å². The first-order valence-corrected chi connectivity index (χ1v) is 14.9. The minimum Gasteiger partial charge on any atom is -0.388 e. The van der Waals surface area contributed by atoms with Gasteiger partial charge >= 0.3 is 0 Å². The number of imide groups is 1. The minimum atomic E-state index is -0.977. The number of aliphatic hydroxyl groups excluding tert-OH is 1. The van der Waals surface area contributed by atoms with Crippen LogP contribution in [0.2, 0.25) is 0 Å². The summed E-state index contributed by atoms with van der Waals surface area (Å²) in [6, 6.07) is 10.8. The normalized spacial score (nSPS) is 25.6. The van der Waals surface area contributed by atoms with Crippen LogP contribution in [-0.2, 0) is 9.47 Å². The van der Waals surface area contributed by atoms with Gasteiger partial charge in [0, 0.05) is 29.4 Å². The quantitative estimate of drug-likeness (QED) is 0.326. The average Bonchev–Trinajstić information content (AvgIpc) is 3.39. The standard InChI is InChI=1S/C31H38IN3O5/c1-18-14-23(32)22(15-25(18)35-28(37)20-11-7-8-12-21(20)29(35)38)27(36)26-24(16-30(2,3)40-31(26,4)5)33-34-13-9-10-19(34)17-39-6/h7-8,11-12,14-15,19,26-27,36H,9-10,13,16-17H2,1-6H3/b33-24+/t19-,26+,27+/m0/s1. The van der Waals surface area contributed by atoms with E-state index >= 15 is 0 Å². The second-order valence-corrected chi connectivity index (χ2v) is 13.4. The Balaban J connectivity index is 1.56. The zero-order valence-corrected chi connectivity index (χ0v) is 26.2. The molecule has 40 heavy (non-hydrogen) atoms. The molecule has 3 atom stereocenters. The summed E-state index contributed by atoms with van der Waals surface area (Å²) >= 11 is 2.22. The molecule has 2 amide bonds. The smallest absolute Gasteiger partial charge is 0.266 e. The maximum atomic E-state index is 13.3. The number of hydrazone groups is 1. The van der Waals surface area contributed by atoms with Crippen LogP contribution in [0.1, 0.15) is 84.9 Å². The summed E-state index contributed by atoms with van der Waals surface area (Å²) < 4.78 is 12.9. The summed E-state index contributed by atoms with van der Waals surface area (Å²) in [5, 5.41) is 19.4. The fraction of sp³-hybridized carbons (Fsp3) is 0.516. The van der Waals surface area contributed by atoms with Gasteiger partial charge < -0.3 is 14.6 Å². The van der Waals surface area contributed by atoms with Gasteiger partial charge in [0.15, 0.2) is 0 Å². The third-order valence-electron chi connectivity index (χ3n) is 8.20. The molecule has 3 aliphatic rings. The lowest BCUT2D eigenvalue weighted by Crippen LogP contribution is -2.55. The van der Waals surface area contributed by atoms with Crippen LogP contribution in [0.15, 0.2) is 41.5 Å². The number of carbonyl (C=O) groups excluding carboxylic acids is 2. The van der Waals surface area contributed by atoms with Crippen LogP contribution < -0.4 is 4.90 Å². The highest BCUT2D eigenvalue weighted by molar-refractivity contribution is 14.1. The fourth-order valence-corrected chi connectivity index (χ4v) is 7.57. The molecule has 0 aromatic heterocycles. The van der Waals surface area contributed by atoms with Crippen molar-refractivity contribution in [2.45, 2.75) is 77.2 Å². The van der Waals surface area contributed by atoms with Gasteiger partial charge in [-0.3, -0.25) is 14.6 Å². The predicted molar refractivity (Wildman–Crippen MR) is 163 cm³/mol. The number of aryl methyl sites for hydroxylation is 1. The molecule has 5 rings (SSSR count). The molecule has 2 fully saturated rings. The first kappa shape index (κ1) is 29.2. The topological polar surface area (TPSA) is 91.7 Å². The molecule has 0 unspecified atom stereocenters. The number of anilines is 1. The van der Waals surface area contributed by atoms with Crippen LogP contribution >= 0.6 is 22.6 Å². The van der Waals surface area contributed by atoms with E-state index in [0.717, 1.165) is 34.2 Å². The maximum absolute atomic E-state index is 13.3. The number of carbonyl (C=O) groups is 2. The van der Waals surface area contributed by atoms with Crippen LogP contribution in [-0.4, -0.2) is 65.1 Å². The number of fused-ring (bicyclic) bond motifs is 1. The number of amides is 2. The monoisotopic (exact) mass is 659 g/mol. The van der Waals surface area contributed by atoms with Gasteiger partial charge in [0.05, 0.1) is 52.7 Å². The van der Waals surface area contributed by atoms with Crippen LogP contribution in [0.5, 0.6) is 0 Å². The molecule has 0 bridgehead atoms. The summed E-state index contributed by atoms with van der Waals surface area (Å²) in [5.74, 6) is -1.15. The van der Waals surface area contributed by atoms with E-state index in [1.165, 1.54) is 4.90 Å². The number of hydrogen-bond acceptors (Lipinski definition) is 7. The zero-order chi connectivity index (χ0) is 29.0. The number of hydrogen-bond donors (Lipinski definition) is 1. The molecule has 9 heteroatoms. The summed E-state index contributed by atoms with van der Waals surface area (Å²) in [6.45, 7) is 11.4. The van der Waals surface area contributed by atoms with Crippen LogP contribution in [0.3, 0.4) is 0 Å². The summed E-state index contributed by atoms with van der Waals surface area (Å²) in [7, 11) is 1.71. The van der Waals surface area contributed by atoms with Gasteiger partial charge in [0.2, 0.25) is 0 Å². The molecule has 3 heterocycles. The van der Waals surface area contributed by atoms with Crippen molar-refractivity contribution in [1.82, 2.24) is 5.01 Å². The first-order valence-electron chi connectivity index (χ1n) is 13.8. The highest BCUT2D eigenvalue weighted by Crippen LogP contribution is 2.46. The third-order valence-corrected chi connectivity index (χ3v) is 9.13. The number of nitrogens with zero attached hydrogens (tertiary/aromatic N) is 3. The molecular weight excluding hydrogens is 621 g/mol. The Labute approximate surface area is 249 Å². The average molecular weight is 660 g/mol. The van der Waals surface area contributed by atoms with Crippen molar-refractivity contribution >= 4 is 45.8 Å². The van der Waals surface area contributed by atoms with Gasteiger partial charge in [0.25, 0.3) is 11.8 Å². The highest BCUT2D eigenvalue weighted by Gasteiger charge is 2.50. The number of ether oxygens (including phenoxy) is 2. The van der Waals surface area contributed by atoms with Gasteiger partial charge in [-0.15, -0.1) is 0 Å². The Kier molecular flexibility index (Phi) is 7.88. The van der Waals surface area contributed by atoms with Gasteiger partial charge in [-0.05, 0) is 105 Å². The minimum absolute atomic E-state index is 0.198. The SMILES string of the molecule is COC[C@@H]1CCCN1/N=C1\CC(C)(C)OC(C)(C)[C@H]1[C@H](O)c1cc(N2C(=O)c3ccccc3C2=O)c(C)cc1I. The molecule has 0 saturated carbocycles. The maximum Gasteiger partial charge on any atom is 0.266 e. The molecule has 2 saturated heterocycles. The summed E-state index contributed by atoms with van der Waals surface area (Å²) in [5.41, 5.74) is 2.37. The van der Waals surface area contributed by atoms with E-state index in [2.05, 4.69) is 41.4 Å². The largest absolute Gasteiger partial charge is 0.388 e. The molecule has 8 nitrogen and oxygen atoms in total. The summed E-state index contributed by atoms with van der Waals surface area (Å²) in [4.78, 5) is 27.9. The van der Waals surface area contributed by atoms with E-state index in [1.54, 1.807) is 37.4 Å². The molecule has 0 spiro atoms. The van der Waals surface area contributed by atoms with E-state index < -0.39 is 23.2 Å². The van der Waals surface area contributed by atoms with E-state index in [0.29, 0.717) is 35.4 Å². The Morgan fingerprint density at radius 2 is 1.80 bits per heavy atom. The number of rotatable bonds is 6. The second kappa shape index (κ2) is 10.8. The lowest BCUT2D eigenvalue weighted by atomic mass is 9.73. The van der Waals surface area contributed by atoms with Crippen molar-refractivity contribution in [2.75, 3.05) is 25.2 Å². The Morgan fingerprint density at radius 3 is 2.42 bits per heavy atom. The molecule has 1 N–H and O–H groups in total. The van der Waals surface area contributed by atoms with Gasteiger partial charge in [-0.1, -0.05) is 12.1 Å². The third kappa shape index (κ3) is 5.21. The molecule has 0 radical (unpaired) electrons. The van der Waals surface area contributed by atoms with E-state index in [-0.39, 0.29) is 17.9 Å². The predicted octanol–water partition coefficient (Wildman–Crippen LogP) is 5.49. The molecule has 214 valence electrons. The number of benzene rings is 2. The fourth-order valence-electron chi connectivity index (χ4n) is 6.63. The van der Waals surface area contributed by atoms with Crippen molar-refractivity contribution in [3.05, 3.63) is 62.2 Å². The highest BCUT2D eigenvalue weighted by atomic mass is 127.